The molecule has 5 heteroatoms. The third-order valence-electron chi connectivity index (χ3n) is 1.97. The molecule has 3 nitrogen and oxygen atoms in total. The molecule has 0 fully saturated rings. The summed E-state index contributed by atoms with van der Waals surface area (Å²) in [6.45, 7) is 0. The summed E-state index contributed by atoms with van der Waals surface area (Å²) in [5, 5.41) is 0.410. The molecule has 0 bridgehead atoms. The second kappa shape index (κ2) is 5.18. The van der Waals surface area contributed by atoms with Gasteiger partial charge in [0.1, 0.15) is 5.15 Å². The standard InChI is InChI=1S/C11H10ClN3S/c12-11-6-14-8(5-15-11)7-16-10-4-2-1-3-9(10)13/h1-6H,7,13H2. The molecule has 2 aromatic rings. The van der Waals surface area contributed by atoms with Crippen LogP contribution in [-0.2, 0) is 5.75 Å². The Bertz CT molecular complexity index is 473. The van der Waals surface area contributed by atoms with Crippen LogP contribution in [0, 0.1) is 0 Å². The predicted molar refractivity (Wildman–Crippen MR) is 67.5 cm³/mol. The van der Waals surface area contributed by atoms with Gasteiger partial charge in [0.25, 0.3) is 0 Å². The Morgan fingerprint density at radius 2 is 2.00 bits per heavy atom. The molecule has 1 aromatic heterocycles. The fourth-order valence-corrected chi connectivity index (χ4v) is 2.14. The summed E-state index contributed by atoms with van der Waals surface area (Å²) >= 11 is 7.29. The first kappa shape index (κ1) is 11.2. The lowest BCUT2D eigenvalue weighted by molar-refractivity contribution is 1.10. The molecule has 0 unspecified atom stereocenters. The van der Waals surface area contributed by atoms with E-state index in [-0.39, 0.29) is 0 Å². The molecule has 0 saturated heterocycles. The van der Waals surface area contributed by atoms with Crippen LogP contribution in [0.5, 0.6) is 0 Å². The number of para-hydroxylation sites is 1. The van der Waals surface area contributed by atoms with E-state index in [0.29, 0.717) is 5.15 Å². The molecule has 2 rings (SSSR count). The number of hydrogen-bond acceptors (Lipinski definition) is 4. The van der Waals surface area contributed by atoms with Crippen LogP contribution in [-0.4, -0.2) is 9.97 Å². The van der Waals surface area contributed by atoms with E-state index in [0.717, 1.165) is 22.0 Å². The third kappa shape index (κ3) is 2.87. The Morgan fingerprint density at radius 3 is 2.69 bits per heavy atom. The number of rotatable bonds is 3. The molecule has 0 atom stereocenters. The van der Waals surface area contributed by atoms with Gasteiger partial charge in [-0.15, -0.1) is 11.8 Å². The van der Waals surface area contributed by atoms with Crippen LogP contribution in [0.25, 0.3) is 0 Å². The number of hydrogen-bond donors (Lipinski definition) is 1. The van der Waals surface area contributed by atoms with Gasteiger partial charge in [-0.25, -0.2) is 4.98 Å². The van der Waals surface area contributed by atoms with Gasteiger partial charge in [-0.2, -0.15) is 0 Å². The number of nitrogen functional groups attached to an aromatic ring is 1. The maximum absolute atomic E-state index is 5.83. The molecule has 0 spiro atoms. The quantitative estimate of drug-likeness (QED) is 0.673. The van der Waals surface area contributed by atoms with Gasteiger partial charge in [0.15, 0.2) is 0 Å². The second-order valence-corrected chi connectivity index (χ2v) is 4.56. The van der Waals surface area contributed by atoms with Crippen molar-refractivity contribution < 1.29 is 0 Å². The van der Waals surface area contributed by atoms with Crippen LogP contribution in [0.15, 0.2) is 41.6 Å². The van der Waals surface area contributed by atoms with Gasteiger partial charge in [-0.05, 0) is 12.1 Å². The summed E-state index contributed by atoms with van der Waals surface area (Å²) in [5.41, 5.74) is 7.50. The minimum absolute atomic E-state index is 0.410. The number of aromatic nitrogens is 2. The normalized spacial score (nSPS) is 10.3. The lowest BCUT2D eigenvalue weighted by atomic mass is 10.3. The first-order valence-corrected chi connectivity index (χ1v) is 6.06. The molecule has 0 amide bonds. The Labute approximate surface area is 103 Å². The highest BCUT2D eigenvalue weighted by atomic mass is 35.5. The van der Waals surface area contributed by atoms with Gasteiger partial charge in [-0.3, -0.25) is 4.98 Å². The average molecular weight is 252 g/mol. The summed E-state index contributed by atoms with van der Waals surface area (Å²) in [5.74, 6) is 0.735. The first-order valence-electron chi connectivity index (χ1n) is 4.69. The van der Waals surface area contributed by atoms with Crippen molar-refractivity contribution in [1.29, 1.82) is 0 Å². The van der Waals surface area contributed by atoms with E-state index in [9.17, 15) is 0 Å². The molecule has 0 aliphatic heterocycles. The lowest BCUT2D eigenvalue weighted by Gasteiger charge is -2.04. The number of nitrogens with zero attached hydrogens (tertiary/aromatic N) is 2. The fourth-order valence-electron chi connectivity index (χ4n) is 1.18. The summed E-state index contributed by atoms with van der Waals surface area (Å²) in [6, 6.07) is 7.76. The van der Waals surface area contributed by atoms with Crippen molar-refractivity contribution in [1.82, 2.24) is 9.97 Å². The highest BCUT2D eigenvalue weighted by molar-refractivity contribution is 7.98. The number of nitrogens with two attached hydrogens (primary N) is 1. The van der Waals surface area contributed by atoms with Gasteiger partial charge in [0.2, 0.25) is 0 Å². The van der Waals surface area contributed by atoms with Crippen molar-refractivity contribution in [2.45, 2.75) is 10.6 Å². The Balaban J connectivity index is 2.02. The lowest BCUT2D eigenvalue weighted by Crippen LogP contribution is -1.91. The van der Waals surface area contributed by atoms with Crippen molar-refractivity contribution in [3.63, 3.8) is 0 Å². The first-order chi connectivity index (χ1) is 7.75. The molecule has 2 N–H and O–H groups in total. The summed E-state index contributed by atoms with van der Waals surface area (Å²) in [7, 11) is 0. The predicted octanol–water partition coefficient (Wildman–Crippen LogP) is 3.00. The molecule has 82 valence electrons. The monoisotopic (exact) mass is 251 g/mol. The molecule has 16 heavy (non-hydrogen) atoms. The van der Waals surface area contributed by atoms with E-state index in [2.05, 4.69) is 9.97 Å². The van der Waals surface area contributed by atoms with Gasteiger partial charge in [-0.1, -0.05) is 23.7 Å². The van der Waals surface area contributed by atoms with Gasteiger partial charge < -0.3 is 5.73 Å². The van der Waals surface area contributed by atoms with Crippen LogP contribution in [0.1, 0.15) is 5.69 Å². The molecule has 0 saturated carbocycles. The maximum atomic E-state index is 5.83. The molecule has 0 radical (unpaired) electrons. The van der Waals surface area contributed by atoms with Crippen molar-refractivity contribution in [3.8, 4) is 0 Å². The van der Waals surface area contributed by atoms with E-state index in [1.807, 2.05) is 24.3 Å². The van der Waals surface area contributed by atoms with Crippen LogP contribution in [0.3, 0.4) is 0 Å². The highest BCUT2D eigenvalue weighted by Gasteiger charge is 2.01. The Hall–Kier alpha value is -1.26. The van der Waals surface area contributed by atoms with Crippen LogP contribution in [0.2, 0.25) is 5.15 Å². The van der Waals surface area contributed by atoms with Gasteiger partial charge >= 0.3 is 0 Å². The van der Waals surface area contributed by atoms with Crippen LogP contribution >= 0.6 is 23.4 Å². The van der Waals surface area contributed by atoms with Crippen molar-refractivity contribution in [2.24, 2.45) is 0 Å². The van der Waals surface area contributed by atoms with Crippen LogP contribution in [0.4, 0.5) is 5.69 Å². The molecule has 0 aliphatic carbocycles. The number of halogens is 1. The summed E-state index contributed by atoms with van der Waals surface area (Å²) < 4.78 is 0. The van der Waals surface area contributed by atoms with Gasteiger partial charge in [0, 0.05) is 16.3 Å². The Morgan fingerprint density at radius 1 is 1.19 bits per heavy atom. The highest BCUT2D eigenvalue weighted by Crippen LogP contribution is 2.26. The number of anilines is 1. The maximum Gasteiger partial charge on any atom is 0.147 e. The third-order valence-corrected chi connectivity index (χ3v) is 3.29. The largest absolute Gasteiger partial charge is 0.398 e. The van der Waals surface area contributed by atoms with Crippen molar-refractivity contribution in [3.05, 3.63) is 47.5 Å². The zero-order valence-corrected chi connectivity index (χ0v) is 10.0. The Kier molecular flexibility index (Phi) is 3.64. The molecular formula is C11H10ClN3S. The van der Waals surface area contributed by atoms with Crippen molar-refractivity contribution >= 4 is 29.1 Å². The molecule has 1 heterocycles. The molecule has 1 aromatic carbocycles. The van der Waals surface area contributed by atoms with E-state index in [1.165, 1.54) is 0 Å². The number of benzene rings is 1. The topological polar surface area (TPSA) is 51.8 Å². The average Bonchev–Trinajstić information content (AvgIpc) is 2.30. The van der Waals surface area contributed by atoms with E-state index < -0.39 is 0 Å². The second-order valence-electron chi connectivity index (χ2n) is 3.16. The van der Waals surface area contributed by atoms with E-state index >= 15 is 0 Å². The molecule has 0 aliphatic rings. The van der Waals surface area contributed by atoms with Crippen molar-refractivity contribution in [2.75, 3.05) is 5.73 Å². The zero-order valence-electron chi connectivity index (χ0n) is 8.43. The summed E-state index contributed by atoms with van der Waals surface area (Å²) in [6.07, 6.45) is 3.22. The molecular weight excluding hydrogens is 242 g/mol. The van der Waals surface area contributed by atoms with Gasteiger partial charge in [0.05, 0.1) is 18.1 Å². The fraction of sp³-hybridized carbons (Fsp3) is 0.0909. The van der Waals surface area contributed by atoms with E-state index in [4.69, 9.17) is 17.3 Å². The van der Waals surface area contributed by atoms with Crippen LogP contribution < -0.4 is 5.73 Å². The summed E-state index contributed by atoms with van der Waals surface area (Å²) in [4.78, 5) is 9.19. The zero-order chi connectivity index (χ0) is 11.4. The SMILES string of the molecule is Nc1ccccc1SCc1cnc(Cl)cn1. The minimum atomic E-state index is 0.410. The van der Waals surface area contributed by atoms with E-state index in [1.54, 1.807) is 24.2 Å². The minimum Gasteiger partial charge on any atom is -0.398 e. The number of thioether (sulfide) groups is 1. The smallest absolute Gasteiger partial charge is 0.147 e.